The average molecular weight is 437 g/mol. The molecule has 31 heavy (non-hydrogen) atoms. The summed E-state index contributed by atoms with van der Waals surface area (Å²) in [6.07, 6.45) is 6.98. The molecule has 5 rings (SSSR count). The number of nitrogens with zero attached hydrogens (tertiary/aromatic N) is 6. The second-order valence-electron chi connectivity index (χ2n) is 8.98. The molecule has 2 aliphatic rings. The van der Waals surface area contributed by atoms with Gasteiger partial charge in [-0.3, -0.25) is 4.79 Å². The Morgan fingerprint density at radius 2 is 1.87 bits per heavy atom. The van der Waals surface area contributed by atoms with Gasteiger partial charge in [0.2, 0.25) is 0 Å². The van der Waals surface area contributed by atoms with Crippen LogP contribution in [0.4, 0.5) is 5.82 Å². The zero-order valence-electron chi connectivity index (χ0n) is 18.1. The van der Waals surface area contributed by atoms with Crippen LogP contribution in [0.1, 0.15) is 67.2 Å². The van der Waals surface area contributed by atoms with E-state index in [0.29, 0.717) is 5.69 Å². The van der Waals surface area contributed by atoms with Crippen molar-refractivity contribution in [2.45, 2.75) is 57.4 Å². The lowest BCUT2D eigenvalue weighted by molar-refractivity contribution is 0.0752. The van der Waals surface area contributed by atoms with Gasteiger partial charge >= 0.3 is 0 Å². The monoisotopic (exact) mass is 436 g/mol. The van der Waals surface area contributed by atoms with E-state index in [1.165, 1.54) is 11.5 Å². The van der Waals surface area contributed by atoms with Crippen LogP contribution in [0, 0.1) is 0 Å². The Bertz CT molecular complexity index is 1090. The Balaban J connectivity index is 1.41. The average Bonchev–Trinajstić information content (AvgIpc) is 3.37. The fourth-order valence-corrected chi connectivity index (χ4v) is 5.89. The number of carbonyl (C=O) groups is 1. The van der Waals surface area contributed by atoms with Crippen LogP contribution >= 0.6 is 11.5 Å². The fraction of sp³-hybridized carbons (Fsp3) is 0.522. The van der Waals surface area contributed by atoms with Crippen LogP contribution in [0.3, 0.4) is 0 Å². The lowest BCUT2D eigenvalue weighted by Crippen LogP contribution is -2.45. The highest BCUT2D eigenvalue weighted by atomic mass is 32.1. The van der Waals surface area contributed by atoms with Crippen LogP contribution in [0.15, 0.2) is 30.6 Å². The maximum Gasteiger partial charge on any atom is 0.275 e. The van der Waals surface area contributed by atoms with Crippen molar-refractivity contribution in [1.82, 2.24) is 24.5 Å². The van der Waals surface area contributed by atoms with E-state index >= 15 is 0 Å². The van der Waals surface area contributed by atoms with Crippen LogP contribution in [-0.2, 0) is 0 Å². The number of benzene rings is 1. The van der Waals surface area contributed by atoms with Gasteiger partial charge in [-0.25, -0.2) is 9.97 Å². The van der Waals surface area contributed by atoms with Crippen LogP contribution in [0.5, 0.6) is 0 Å². The molecular weight excluding hydrogens is 408 g/mol. The van der Waals surface area contributed by atoms with Gasteiger partial charge in [0.1, 0.15) is 12.1 Å². The first-order valence-corrected chi connectivity index (χ1v) is 12.0. The molecule has 2 aromatic heterocycles. The van der Waals surface area contributed by atoms with Crippen LogP contribution in [0.25, 0.3) is 10.9 Å². The normalized spacial score (nSPS) is 21.9. The molecule has 1 unspecified atom stereocenters. The van der Waals surface area contributed by atoms with Crippen molar-refractivity contribution >= 4 is 34.2 Å². The van der Waals surface area contributed by atoms with Crippen molar-refractivity contribution in [1.29, 1.82) is 0 Å². The van der Waals surface area contributed by atoms with Gasteiger partial charge in [-0.15, -0.1) is 5.10 Å². The van der Waals surface area contributed by atoms with E-state index < -0.39 is 0 Å². The lowest BCUT2D eigenvalue weighted by Gasteiger charge is -2.39. The Labute approximate surface area is 186 Å². The highest BCUT2D eigenvalue weighted by Gasteiger charge is 2.43. The Hall–Kier alpha value is -2.61. The fourth-order valence-electron chi connectivity index (χ4n) is 5.25. The number of para-hydroxylation sites is 1. The number of fused-ring (bicyclic) bond motifs is 1. The second-order valence-corrected chi connectivity index (χ2v) is 9.77. The molecule has 0 aliphatic carbocycles. The van der Waals surface area contributed by atoms with E-state index in [9.17, 15) is 4.79 Å². The van der Waals surface area contributed by atoms with Gasteiger partial charge in [-0.05, 0) is 61.7 Å². The minimum absolute atomic E-state index is 0.0338. The molecule has 7 nitrogen and oxygen atoms in total. The number of amides is 1. The van der Waals surface area contributed by atoms with Gasteiger partial charge in [0, 0.05) is 30.6 Å². The molecule has 0 saturated carbocycles. The predicted octanol–water partition coefficient (Wildman–Crippen LogP) is 4.27. The molecule has 0 bridgehead atoms. The molecule has 0 N–H and O–H groups in total. The summed E-state index contributed by atoms with van der Waals surface area (Å²) in [5, 5.41) is 5.29. The minimum Gasteiger partial charge on any atom is -0.350 e. The van der Waals surface area contributed by atoms with Gasteiger partial charge in [0.05, 0.1) is 10.4 Å². The van der Waals surface area contributed by atoms with Gasteiger partial charge in [-0.1, -0.05) is 30.5 Å². The molecule has 1 spiro atoms. The van der Waals surface area contributed by atoms with Crippen LogP contribution in [-0.4, -0.2) is 55.5 Å². The zero-order chi connectivity index (χ0) is 21.4. The number of rotatable bonds is 3. The third-order valence-electron chi connectivity index (χ3n) is 6.82. The Morgan fingerprint density at radius 1 is 1.06 bits per heavy atom. The molecule has 2 fully saturated rings. The molecule has 1 atom stereocenters. The highest BCUT2D eigenvalue weighted by molar-refractivity contribution is 7.05. The summed E-state index contributed by atoms with van der Waals surface area (Å²) in [7, 11) is 0. The van der Waals surface area contributed by atoms with Crippen molar-refractivity contribution < 1.29 is 4.79 Å². The van der Waals surface area contributed by atoms with Crippen molar-refractivity contribution in [3.05, 3.63) is 41.2 Å². The molecule has 2 aliphatic heterocycles. The van der Waals surface area contributed by atoms with Gasteiger partial charge in [0.15, 0.2) is 5.69 Å². The molecule has 1 aromatic carbocycles. The summed E-state index contributed by atoms with van der Waals surface area (Å²) in [5.74, 6) is 1.33. The minimum atomic E-state index is 0.0338. The van der Waals surface area contributed by atoms with Crippen LogP contribution < -0.4 is 4.90 Å². The maximum atomic E-state index is 13.3. The number of carbonyl (C=O) groups excluding carboxylic acids is 1. The summed E-state index contributed by atoms with van der Waals surface area (Å²) < 4.78 is 4.06. The molecule has 8 heteroatoms. The number of aromatic nitrogens is 4. The largest absolute Gasteiger partial charge is 0.350 e. The van der Waals surface area contributed by atoms with E-state index in [1.807, 2.05) is 17.0 Å². The number of likely N-dealkylation sites (tertiary alicyclic amines) is 1. The Morgan fingerprint density at radius 3 is 2.71 bits per heavy atom. The molecule has 0 radical (unpaired) electrons. The van der Waals surface area contributed by atoms with Gasteiger partial charge < -0.3 is 9.80 Å². The van der Waals surface area contributed by atoms with E-state index in [2.05, 4.69) is 45.5 Å². The Kier molecular flexibility index (Phi) is 5.33. The molecular formula is C23H28N6OS. The first-order valence-electron chi connectivity index (χ1n) is 11.2. The summed E-state index contributed by atoms with van der Waals surface area (Å²) in [4.78, 5) is 27.9. The second kappa shape index (κ2) is 8.15. The molecule has 1 amide bonds. The maximum absolute atomic E-state index is 13.3. The standard InChI is InChI=1S/C23H28N6OS/c1-16(2)20-19(26-27-31-20)22(30)28-12-5-9-23(11-14-28)10-6-13-29(23)21-17-7-3-4-8-18(17)24-15-25-21/h3-4,7-8,15-16H,5-6,9-14H2,1-2H3. The smallest absolute Gasteiger partial charge is 0.275 e. The van der Waals surface area contributed by atoms with Crippen molar-refractivity contribution in [2.75, 3.05) is 24.5 Å². The van der Waals surface area contributed by atoms with Gasteiger partial charge in [-0.2, -0.15) is 0 Å². The summed E-state index contributed by atoms with van der Waals surface area (Å²) in [5.41, 5.74) is 1.58. The van der Waals surface area contributed by atoms with E-state index in [0.717, 1.165) is 73.3 Å². The SMILES string of the molecule is CC(C)c1snnc1C(=O)N1CCCC2(CCCN2c2ncnc3ccccc23)CC1. The zero-order valence-corrected chi connectivity index (χ0v) is 18.9. The first-order chi connectivity index (χ1) is 15.1. The van der Waals surface area contributed by atoms with Crippen molar-refractivity contribution in [3.8, 4) is 0 Å². The summed E-state index contributed by atoms with van der Waals surface area (Å²) >= 11 is 1.34. The van der Waals surface area contributed by atoms with Crippen molar-refractivity contribution in [3.63, 3.8) is 0 Å². The highest BCUT2D eigenvalue weighted by Crippen LogP contribution is 2.42. The lowest BCUT2D eigenvalue weighted by atomic mass is 9.87. The van der Waals surface area contributed by atoms with Crippen molar-refractivity contribution in [2.24, 2.45) is 0 Å². The summed E-state index contributed by atoms with van der Waals surface area (Å²) in [6.45, 7) is 6.70. The third-order valence-corrected chi connectivity index (χ3v) is 7.84. The molecule has 2 saturated heterocycles. The number of hydrogen-bond donors (Lipinski definition) is 0. The molecule has 4 heterocycles. The van der Waals surface area contributed by atoms with Crippen LogP contribution in [0.2, 0.25) is 0 Å². The quantitative estimate of drug-likeness (QED) is 0.610. The number of hydrogen-bond acceptors (Lipinski definition) is 7. The summed E-state index contributed by atoms with van der Waals surface area (Å²) in [6, 6.07) is 8.24. The molecule has 162 valence electrons. The first kappa shape index (κ1) is 20.3. The molecule has 3 aromatic rings. The van der Waals surface area contributed by atoms with E-state index in [4.69, 9.17) is 4.98 Å². The predicted molar refractivity (Wildman–Crippen MR) is 123 cm³/mol. The van der Waals surface area contributed by atoms with E-state index in [1.54, 1.807) is 6.33 Å². The van der Waals surface area contributed by atoms with Gasteiger partial charge in [0.25, 0.3) is 5.91 Å². The van der Waals surface area contributed by atoms with E-state index in [-0.39, 0.29) is 17.4 Å². The number of anilines is 1. The third kappa shape index (κ3) is 3.56. The topological polar surface area (TPSA) is 75.1 Å².